The van der Waals surface area contributed by atoms with E-state index in [-0.39, 0.29) is 11.3 Å². The summed E-state index contributed by atoms with van der Waals surface area (Å²) in [7, 11) is 0. The highest BCUT2D eigenvalue weighted by molar-refractivity contribution is 6.28. The Morgan fingerprint density at radius 3 is 2.95 bits per heavy atom. The second-order valence-electron chi connectivity index (χ2n) is 4.89. The van der Waals surface area contributed by atoms with Crippen LogP contribution >= 0.6 is 11.6 Å². The van der Waals surface area contributed by atoms with Crippen LogP contribution < -0.4 is 4.90 Å². The molecule has 3 heterocycles. The molecule has 1 aliphatic heterocycles. The average molecular weight is 309 g/mol. The third-order valence-corrected chi connectivity index (χ3v) is 3.52. The predicted octanol–water partition coefficient (Wildman–Crippen LogP) is 2.56. The first-order valence-corrected chi connectivity index (χ1v) is 7.01. The molecular formula is C14H14ClFN4O. The molecule has 0 saturated carbocycles. The van der Waals surface area contributed by atoms with Gasteiger partial charge < -0.3 is 9.64 Å². The van der Waals surface area contributed by atoms with E-state index in [4.69, 9.17) is 16.3 Å². The molecule has 1 aliphatic rings. The zero-order chi connectivity index (χ0) is 14.8. The first-order valence-electron chi connectivity index (χ1n) is 6.63. The fourth-order valence-corrected chi connectivity index (χ4v) is 2.50. The van der Waals surface area contributed by atoms with Crippen molar-refractivity contribution in [1.82, 2.24) is 15.0 Å². The van der Waals surface area contributed by atoms with E-state index in [0.29, 0.717) is 30.3 Å². The molecule has 5 nitrogen and oxygen atoms in total. The number of aromatic nitrogens is 3. The summed E-state index contributed by atoms with van der Waals surface area (Å²) in [6.45, 7) is 4.06. The molecule has 1 fully saturated rings. The van der Waals surface area contributed by atoms with Gasteiger partial charge in [0, 0.05) is 24.4 Å². The van der Waals surface area contributed by atoms with Crippen molar-refractivity contribution >= 4 is 17.4 Å². The number of nitrogens with zero attached hydrogens (tertiary/aromatic N) is 4. The molecule has 1 saturated heterocycles. The smallest absolute Gasteiger partial charge is 0.224 e. The molecule has 21 heavy (non-hydrogen) atoms. The van der Waals surface area contributed by atoms with Crippen molar-refractivity contribution in [2.24, 2.45) is 0 Å². The van der Waals surface area contributed by atoms with Gasteiger partial charge in [0.05, 0.1) is 31.1 Å². The normalized spacial score (nSPS) is 18.8. The van der Waals surface area contributed by atoms with Crippen molar-refractivity contribution in [3.63, 3.8) is 0 Å². The van der Waals surface area contributed by atoms with Crippen LogP contribution in [-0.2, 0) is 4.74 Å². The lowest BCUT2D eigenvalue weighted by Gasteiger charge is -2.34. The van der Waals surface area contributed by atoms with E-state index in [1.54, 1.807) is 12.3 Å². The SMILES string of the molecule is C[C@H]1COCCN1c1cc(-c2cncc(F)c2)nc(Cl)n1. The van der Waals surface area contributed by atoms with E-state index >= 15 is 0 Å². The highest BCUT2D eigenvalue weighted by Gasteiger charge is 2.21. The van der Waals surface area contributed by atoms with Gasteiger partial charge in [-0.2, -0.15) is 0 Å². The van der Waals surface area contributed by atoms with Crippen molar-refractivity contribution < 1.29 is 9.13 Å². The summed E-state index contributed by atoms with van der Waals surface area (Å²) in [6, 6.07) is 3.37. The van der Waals surface area contributed by atoms with Gasteiger partial charge in [-0.3, -0.25) is 4.98 Å². The summed E-state index contributed by atoms with van der Waals surface area (Å²) < 4.78 is 18.7. The molecule has 110 valence electrons. The summed E-state index contributed by atoms with van der Waals surface area (Å²) >= 11 is 6.01. The van der Waals surface area contributed by atoms with Crippen LogP contribution in [0, 0.1) is 5.82 Å². The van der Waals surface area contributed by atoms with Crippen molar-refractivity contribution in [3.05, 3.63) is 35.6 Å². The lowest BCUT2D eigenvalue weighted by atomic mass is 10.2. The highest BCUT2D eigenvalue weighted by Crippen LogP contribution is 2.25. The molecule has 0 bridgehead atoms. The maximum atomic E-state index is 13.3. The van der Waals surface area contributed by atoms with Gasteiger partial charge in [-0.15, -0.1) is 0 Å². The van der Waals surface area contributed by atoms with Crippen molar-refractivity contribution in [3.8, 4) is 11.3 Å². The number of rotatable bonds is 2. The second kappa shape index (κ2) is 5.91. The molecule has 0 aromatic carbocycles. The minimum Gasteiger partial charge on any atom is -0.377 e. The Morgan fingerprint density at radius 1 is 1.33 bits per heavy atom. The number of hydrogen-bond acceptors (Lipinski definition) is 5. The fraction of sp³-hybridized carbons (Fsp3) is 0.357. The Balaban J connectivity index is 2.00. The molecule has 0 radical (unpaired) electrons. The first kappa shape index (κ1) is 14.2. The van der Waals surface area contributed by atoms with Crippen LogP contribution in [0.3, 0.4) is 0 Å². The number of morpholine rings is 1. The Bertz CT molecular complexity index is 655. The average Bonchev–Trinajstić information content (AvgIpc) is 2.47. The molecule has 0 unspecified atom stereocenters. The van der Waals surface area contributed by atoms with Crippen LogP contribution in [0.15, 0.2) is 24.5 Å². The van der Waals surface area contributed by atoms with E-state index in [1.807, 2.05) is 0 Å². The zero-order valence-electron chi connectivity index (χ0n) is 11.5. The Morgan fingerprint density at radius 2 is 2.19 bits per heavy atom. The number of hydrogen-bond donors (Lipinski definition) is 0. The van der Waals surface area contributed by atoms with E-state index in [2.05, 4.69) is 26.8 Å². The molecule has 0 amide bonds. The van der Waals surface area contributed by atoms with E-state index in [9.17, 15) is 4.39 Å². The molecule has 0 spiro atoms. The monoisotopic (exact) mass is 308 g/mol. The first-order chi connectivity index (χ1) is 10.1. The standard InChI is InChI=1S/C14H14ClFN4O/c1-9-8-21-3-2-20(9)13-5-12(18-14(15)19-13)10-4-11(16)7-17-6-10/h4-7,9H,2-3,8H2,1H3/t9-/m0/s1. The van der Waals surface area contributed by atoms with Gasteiger partial charge in [0.2, 0.25) is 5.28 Å². The Kier molecular flexibility index (Phi) is 3.98. The van der Waals surface area contributed by atoms with Gasteiger partial charge in [0.25, 0.3) is 0 Å². The van der Waals surface area contributed by atoms with Crippen LogP contribution in [0.25, 0.3) is 11.3 Å². The lowest BCUT2D eigenvalue weighted by molar-refractivity contribution is 0.0985. The minimum absolute atomic E-state index is 0.130. The van der Waals surface area contributed by atoms with Gasteiger partial charge in [0.15, 0.2) is 0 Å². The molecule has 3 rings (SSSR count). The summed E-state index contributed by atoms with van der Waals surface area (Å²) in [6.07, 6.45) is 2.70. The van der Waals surface area contributed by atoms with Gasteiger partial charge in [-0.05, 0) is 24.6 Å². The van der Waals surface area contributed by atoms with Crippen LogP contribution in [0.5, 0.6) is 0 Å². The van der Waals surface area contributed by atoms with E-state index in [1.165, 1.54) is 6.07 Å². The van der Waals surface area contributed by atoms with Crippen molar-refractivity contribution in [2.75, 3.05) is 24.7 Å². The van der Waals surface area contributed by atoms with Gasteiger partial charge >= 0.3 is 0 Å². The molecule has 0 aliphatic carbocycles. The predicted molar refractivity (Wildman–Crippen MR) is 77.9 cm³/mol. The van der Waals surface area contributed by atoms with Crippen LogP contribution in [0.2, 0.25) is 5.28 Å². The van der Waals surface area contributed by atoms with E-state index in [0.717, 1.165) is 12.7 Å². The van der Waals surface area contributed by atoms with E-state index < -0.39 is 5.82 Å². The fourth-order valence-electron chi connectivity index (χ4n) is 2.32. The molecule has 2 aromatic heterocycles. The van der Waals surface area contributed by atoms with Gasteiger partial charge in [0.1, 0.15) is 11.6 Å². The second-order valence-corrected chi connectivity index (χ2v) is 5.23. The minimum atomic E-state index is -0.413. The number of halogens is 2. The Hall–Kier alpha value is -1.79. The molecule has 7 heteroatoms. The van der Waals surface area contributed by atoms with Crippen LogP contribution in [0.1, 0.15) is 6.92 Å². The summed E-state index contributed by atoms with van der Waals surface area (Å²) in [5.74, 6) is 0.300. The number of anilines is 1. The quantitative estimate of drug-likeness (QED) is 0.798. The topological polar surface area (TPSA) is 51.1 Å². The number of ether oxygens (including phenoxy) is 1. The Labute approximate surface area is 126 Å². The largest absolute Gasteiger partial charge is 0.377 e. The zero-order valence-corrected chi connectivity index (χ0v) is 12.2. The van der Waals surface area contributed by atoms with Crippen LogP contribution in [-0.4, -0.2) is 40.8 Å². The molecule has 2 aromatic rings. The lowest BCUT2D eigenvalue weighted by Crippen LogP contribution is -2.44. The maximum absolute atomic E-state index is 13.3. The third-order valence-electron chi connectivity index (χ3n) is 3.35. The summed E-state index contributed by atoms with van der Waals surface area (Å²) in [5, 5.41) is 0.130. The van der Waals surface area contributed by atoms with Crippen molar-refractivity contribution in [1.29, 1.82) is 0 Å². The van der Waals surface area contributed by atoms with Crippen molar-refractivity contribution in [2.45, 2.75) is 13.0 Å². The van der Waals surface area contributed by atoms with Gasteiger partial charge in [-0.25, -0.2) is 14.4 Å². The maximum Gasteiger partial charge on any atom is 0.224 e. The molecular weight excluding hydrogens is 295 g/mol. The third kappa shape index (κ3) is 3.11. The number of pyridine rings is 1. The highest BCUT2D eigenvalue weighted by atomic mass is 35.5. The molecule has 0 N–H and O–H groups in total. The summed E-state index contributed by atoms with van der Waals surface area (Å²) in [4.78, 5) is 14.4. The van der Waals surface area contributed by atoms with Gasteiger partial charge in [-0.1, -0.05) is 0 Å². The summed E-state index contributed by atoms with van der Waals surface area (Å²) in [5.41, 5.74) is 1.12. The molecule has 1 atom stereocenters. The van der Waals surface area contributed by atoms with Crippen LogP contribution in [0.4, 0.5) is 10.2 Å².